The van der Waals surface area contributed by atoms with Crippen molar-refractivity contribution in [2.75, 3.05) is 7.05 Å². The maximum absolute atomic E-state index is 12.4. The Balaban J connectivity index is 0.00000484. The van der Waals surface area contributed by atoms with Gasteiger partial charge < -0.3 is 10.0 Å². The lowest BCUT2D eigenvalue weighted by molar-refractivity contribution is -0.140. The molecule has 2 atom stereocenters. The third-order valence-corrected chi connectivity index (χ3v) is 3.74. The predicted octanol–water partition coefficient (Wildman–Crippen LogP) is 2.61. The van der Waals surface area contributed by atoms with E-state index in [0.29, 0.717) is 13.0 Å². The third-order valence-electron chi connectivity index (χ3n) is 3.74. The predicted molar refractivity (Wildman–Crippen MR) is 93.8 cm³/mol. The van der Waals surface area contributed by atoms with Crippen molar-refractivity contribution in [3.8, 4) is 0 Å². The number of rotatable bonds is 8. The molecule has 0 aromatic heterocycles. The van der Waals surface area contributed by atoms with E-state index in [4.69, 9.17) is 5.11 Å². The first-order valence-corrected chi connectivity index (χ1v) is 7.65. The summed E-state index contributed by atoms with van der Waals surface area (Å²) >= 11 is 0. The number of likely N-dealkylation sites (N-methyl/N-ethyl adjacent to an activating group) is 1. The van der Waals surface area contributed by atoms with Crippen molar-refractivity contribution in [2.24, 2.45) is 0 Å². The minimum Gasteiger partial charge on any atom is -0.480 e. The number of halogens is 1. The Morgan fingerprint density at radius 2 is 1.91 bits per heavy atom. The van der Waals surface area contributed by atoms with Gasteiger partial charge in [-0.15, -0.1) is 12.4 Å². The Morgan fingerprint density at radius 1 is 1.30 bits per heavy atom. The van der Waals surface area contributed by atoms with Crippen LogP contribution in [0.2, 0.25) is 0 Å². The summed E-state index contributed by atoms with van der Waals surface area (Å²) in [5, 5.41) is 12.1. The number of benzene rings is 1. The molecule has 2 N–H and O–H groups in total. The molecule has 0 fully saturated rings. The van der Waals surface area contributed by atoms with Gasteiger partial charge in [0.05, 0.1) is 6.04 Å². The number of hydrogen-bond acceptors (Lipinski definition) is 3. The van der Waals surface area contributed by atoms with E-state index in [9.17, 15) is 9.59 Å². The maximum atomic E-state index is 12.4. The van der Waals surface area contributed by atoms with Crippen LogP contribution in [0.4, 0.5) is 0 Å². The highest BCUT2D eigenvalue weighted by Gasteiger charge is 2.24. The smallest absolute Gasteiger partial charge is 0.320 e. The van der Waals surface area contributed by atoms with Crippen molar-refractivity contribution in [2.45, 2.75) is 52.2 Å². The molecule has 0 radical (unpaired) electrons. The topological polar surface area (TPSA) is 69.6 Å². The number of carboxylic acid groups (broad SMARTS) is 1. The first-order valence-electron chi connectivity index (χ1n) is 7.65. The molecule has 0 aliphatic heterocycles. The summed E-state index contributed by atoms with van der Waals surface area (Å²) in [6.07, 6.45) is 1.26. The maximum Gasteiger partial charge on any atom is 0.320 e. The van der Waals surface area contributed by atoms with Gasteiger partial charge in [0, 0.05) is 13.6 Å². The molecule has 1 rings (SSSR count). The molecule has 1 amide bonds. The first-order chi connectivity index (χ1) is 10.4. The van der Waals surface area contributed by atoms with Crippen molar-refractivity contribution >= 4 is 24.3 Å². The Hall–Kier alpha value is -1.59. The molecule has 0 heterocycles. The fraction of sp³-hybridized carbons (Fsp3) is 0.529. The van der Waals surface area contributed by atoms with Crippen molar-refractivity contribution in [3.63, 3.8) is 0 Å². The van der Waals surface area contributed by atoms with Gasteiger partial charge in [0.2, 0.25) is 5.91 Å². The molecule has 1 aromatic rings. The molecule has 0 saturated heterocycles. The van der Waals surface area contributed by atoms with Crippen LogP contribution in [0, 0.1) is 6.92 Å². The standard InChI is InChI=1S/C17H26N2O3.ClH/c1-5-8-15(17(21)22)18-13(3)16(20)19(4)11-14-10-7-6-9-12(14)2;/h6-7,9-10,13,15,18H,5,8,11H2,1-4H3,(H,21,22);1H. The van der Waals surface area contributed by atoms with Crippen molar-refractivity contribution < 1.29 is 14.7 Å². The highest BCUT2D eigenvalue weighted by atomic mass is 35.5. The van der Waals surface area contributed by atoms with Gasteiger partial charge in [-0.25, -0.2) is 0 Å². The third kappa shape index (κ3) is 6.59. The number of hydrogen-bond donors (Lipinski definition) is 2. The number of nitrogens with zero attached hydrogens (tertiary/aromatic N) is 1. The van der Waals surface area contributed by atoms with Crippen LogP contribution in [0.1, 0.15) is 37.8 Å². The van der Waals surface area contributed by atoms with Gasteiger partial charge in [0.15, 0.2) is 0 Å². The first kappa shape index (κ1) is 21.4. The van der Waals surface area contributed by atoms with Crippen LogP contribution in [0.15, 0.2) is 24.3 Å². The zero-order chi connectivity index (χ0) is 16.7. The van der Waals surface area contributed by atoms with Crippen LogP contribution in [-0.2, 0) is 16.1 Å². The number of nitrogens with one attached hydrogen (secondary N) is 1. The molecule has 0 saturated carbocycles. The van der Waals surface area contributed by atoms with Gasteiger partial charge in [0.25, 0.3) is 0 Å². The SMILES string of the molecule is CCCC(NC(C)C(=O)N(C)Cc1ccccc1C)C(=O)O.Cl. The summed E-state index contributed by atoms with van der Waals surface area (Å²) in [5.74, 6) is -1.02. The molecule has 6 heteroatoms. The van der Waals surface area contributed by atoms with E-state index in [1.54, 1.807) is 18.9 Å². The minimum absolute atomic E-state index is 0. The normalized spacial score (nSPS) is 12.9. The second-order valence-corrected chi connectivity index (χ2v) is 5.69. The van der Waals surface area contributed by atoms with Crippen LogP contribution in [0.25, 0.3) is 0 Å². The second-order valence-electron chi connectivity index (χ2n) is 5.69. The number of aryl methyl sites for hydroxylation is 1. The molecule has 0 spiro atoms. The number of amides is 1. The minimum atomic E-state index is -0.914. The van der Waals surface area contributed by atoms with E-state index >= 15 is 0 Å². The Kier molecular flexibility index (Phi) is 9.53. The number of carbonyl (C=O) groups is 2. The van der Waals surface area contributed by atoms with Crippen molar-refractivity contribution in [1.82, 2.24) is 10.2 Å². The molecular formula is C17H27ClN2O3. The molecule has 0 aliphatic carbocycles. The fourth-order valence-electron chi connectivity index (χ4n) is 2.39. The Labute approximate surface area is 144 Å². The van der Waals surface area contributed by atoms with Gasteiger partial charge in [-0.2, -0.15) is 0 Å². The summed E-state index contributed by atoms with van der Waals surface area (Å²) in [6, 6.07) is 6.71. The van der Waals surface area contributed by atoms with Gasteiger partial charge in [-0.1, -0.05) is 37.6 Å². The van der Waals surface area contributed by atoms with Gasteiger partial charge >= 0.3 is 5.97 Å². The lowest BCUT2D eigenvalue weighted by Gasteiger charge is -2.25. The molecule has 2 unspecified atom stereocenters. The van der Waals surface area contributed by atoms with E-state index < -0.39 is 18.1 Å². The monoisotopic (exact) mass is 342 g/mol. The fourth-order valence-corrected chi connectivity index (χ4v) is 2.39. The molecule has 130 valence electrons. The summed E-state index contributed by atoms with van der Waals surface area (Å²) in [5.41, 5.74) is 2.23. The van der Waals surface area contributed by atoms with Crippen molar-refractivity contribution in [3.05, 3.63) is 35.4 Å². The van der Waals surface area contributed by atoms with Crippen LogP contribution < -0.4 is 5.32 Å². The van der Waals surface area contributed by atoms with Gasteiger partial charge in [-0.05, 0) is 31.4 Å². The highest BCUT2D eigenvalue weighted by Crippen LogP contribution is 2.10. The molecule has 0 aliphatic rings. The molecule has 23 heavy (non-hydrogen) atoms. The van der Waals surface area contributed by atoms with E-state index in [-0.39, 0.29) is 18.3 Å². The zero-order valence-electron chi connectivity index (χ0n) is 14.2. The molecule has 0 bridgehead atoms. The Morgan fingerprint density at radius 3 is 2.43 bits per heavy atom. The largest absolute Gasteiger partial charge is 0.480 e. The Bertz CT molecular complexity index is 522. The number of aliphatic carboxylic acids is 1. The van der Waals surface area contributed by atoms with Crippen LogP contribution in [0.5, 0.6) is 0 Å². The quantitative estimate of drug-likeness (QED) is 0.762. The summed E-state index contributed by atoms with van der Waals surface area (Å²) in [6.45, 7) is 6.16. The number of carboxylic acids is 1. The van der Waals surface area contributed by atoms with E-state index in [2.05, 4.69) is 5.32 Å². The summed E-state index contributed by atoms with van der Waals surface area (Å²) < 4.78 is 0. The lowest BCUT2D eigenvalue weighted by Crippen LogP contribution is -2.49. The molecule has 5 nitrogen and oxygen atoms in total. The second kappa shape index (κ2) is 10.2. The van der Waals surface area contributed by atoms with Crippen LogP contribution in [-0.4, -0.2) is 41.0 Å². The van der Waals surface area contributed by atoms with E-state index in [0.717, 1.165) is 17.5 Å². The van der Waals surface area contributed by atoms with E-state index in [1.165, 1.54) is 0 Å². The van der Waals surface area contributed by atoms with Crippen LogP contribution >= 0.6 is 12.4 Å². The molecular weight excluding hydrogens is 316 g/mol. The summed E-state index contributed by atoms with van der Waals surface area (Å²) in [4.78, 5) is 25.2. The van der Waals surface area contributed by atoms with Crippen LogP contribution in [0.3, 0.4) is 0 Å². The van der Waals surface area contributed by atoms with Crippen molar-refractivity contribution in [1.29, 1.82) is 0 Å². The van der Waals surface area contributed by atoms with Gasteiger partial charge in [-0.3, -0.25) is 14.9 Å². The number of carbonyl (C=O) groups excluding carboxylic acids is 1. The zero-order valence-corrected chi connectivity index (χ0v) is 15.0. The highest BCUT2D eigenvalue weighted by molar-refractivity contribution is 5.85. The molecule has 1 aromatic carbocycles. The lowest BCUT2D eigenvalue weighted by atomic mass is 10.1. The average molecular weight is 343 g/mol. The van der Waals surface area contributed by atoms with E-state index in [1.807, 2.05) is 38.1 Å². The average Bonchev–Trinajstić information content (AvgIpc) is 2.48. The van der Waals surface area contributed by atoms with Gasteiger partial charge in [0.1, 0.15) is 6.04 Å². The summed E-state index contributed by atoms with van der Waals surface area (Å²) in [7, 11) is 1.74.